The van der Waals surface area contributed by atoms with Gasteiger partial charge in [0.2, 0.25) is 0 Å². The average Bonchev–Trinajstić information content (AvgIpc) is 2.59. The molecule has 0 bridgehead atoms. The lowest BCUT2D eigenvalue weighted by Gasteiger charge is -1.88. The maximum atomic E-state index is 12.1. The van der Waals surface area contributed by atoms with E-state index >= 15 is 0 Å². The minimum atomic E-state index is -0.287. The lowest BCUT2D eigenvalue weighted by Crippen LogP contribution is -2.03. The summed E-state index contributed by atoms with van der Waals surface area (Å²) in [6, 6.07) is 5.85. The topological polar surface area (TPSA) is 38.0 Å². The molecule has 1 heterocycles. The van der Waals surface area contributed by atoms with E-state index in [4.69, 9.17) is 5.73 Å². The van der Waals surface area contributed by atoms with Crippen molar-refractivity contribution in [2.45, 2.75) is 12.8 Å². The van der Waals surface area contributed by atoms with Crippen LogP contribution in [-0.2, 0) is 0 Å². The molecule has 1 aliphatic heterocycles. The third-order valence-corrected chi connectivity index (χ3v) is 1.81. The van der Waals surface area contributed by atoms with Crippen molar-refractivity contribution in [3.8, 4) is 0 Å². The van der Waals surface area contributed by atoms with Gasteiger partial charge in [-0.3, -0.25) is 0 Å². The Morgan fingerprint density at radius 3 is 2.23 bits per heavy atom. The van der Waals surface area contributed by atoms with Gasteiger partial charge in [-0.2, -0.15) is 0 Å². The molecule has 0 aromatic heterocycles. The molecule has 1 aromatic carbocycles. The van der Waals surface area contributed by atoms with Crippen LogP contribution in [0.5, 0.6) is 0 Å². The second kappa shape index (κ2) is 5.54. The largest absolute Gasteiger partial charge is 0.399 e. The molecule has 3 N–H and O–H groups in total. The average molecular weight is 182 g/mol. The van der Waals surface area contributed by atoms with Crippen LogP contribution in [0, 0.1) is 5.82 Å². The SMILES string of the molecule is C1CCNC1.Nc1cccc(F)c1. The van der Waals surface area contributed by atoms with Gasteiger partial charge in [0.1, 0.15) is 5.82 Å². The first-order valence-electron chi connectivity index (χ1n) is 4.51. The van der Waals surface area contributed by atoms with E-state index in [1.54, 1.807) is 12.1 Å². The van der Waals surface area contributed by atoms with Crippen LogP contribution in [0.15, 0.2) is 24.3 Å². The highest BCUT2D eigenvalue weighted by Crippen LogP contribution is 2.02. The highest BCUT2D eigenvalue weighted by Gasteiger charge is 1.93. The molecule has 0 aliphatic carbocycles. The molecule has 0 amide bonds. The maximum Gasteiger partial charge on any atom is 0.125 e. The van der Waals surface area contributed by atoms with Crippen molar-refractivity contribution in [2.24, 2.45) is 0 Å². The molecule has 13 heavy (non-hydrogen) atoms. The van der Waals surface area contributed by atoms with E-state index in [1.807, 2.05) is 0 Å². The number of halogens is 1. The molecule has 1 aliphatic rings. The van der Waals surface area contributed by atoms with Gasteiger partial charge in [0.25, 0.3) is 0 Å². The molecular formula is C10H15FN2. The Kier molecular flexibility index (Phi) is 4.26. The first-order valence-corrected chi connectivity index (χ1v) is 4.51. The van der Waals surface area contributed by atoms with Crippen LogP contribution in [0.2, 0.25) is 0 Å². The molecule has 72 valence electrons. The van der Waals surface area contributed by atoms with Gasteiger partial charge >= 0.3 is 0 Å². The fourth-order valence-corrected chi connectivity index (χ4v) is 1.13. The van der Waals surface area contributed by atoms with Gasteiger partial charge in [-0.15, -0.1) is 0 Å². The zero-order chi connectivity index (χ0) is 9.52. The fourth-order valence-electron chi connectivity index (χ4n) is 1.13. The van der Waals surface area contributed by atoms with E-state index < -0.39 is 0 Å². The van der Waals surface area contributed by atoms with Gasteiger partial charge < -0.3 is 11.1 Å². The summed E-state index contributed by atoms with van der Waals surface area (Å²) in [6.45, 7) is 2.50. The van der Waals surface area contributed by atoms with E-state index in [0.29, 0.717) is 5.69 Å². The highest BCUT2D eigenvalue weighted by atomic mass is 19.1. The minimum absolute atomic E-state index is 0.287. The highest BCUT2D eigenvalue weighted by molar-refractivity contribution is 5.36. The van der Waals surface area contributed by atoms with Gasteiger partial charge in [0.05, 0.1) is 0 Å². The Bertz CT molecular complexity index is 222. The molecule has 1 saturated heterocycles. The second-order valence-corrected chi connectivity index (χ2v) is 3.01. The van der Waals surface area contributed by atoms with Crippen molar-refractivity contribution in [1.82, 2.24) is 5.32 Å². The lowest BCUT2D eigenvalue weighted by atomic mass is 10.3. The molecule has 0 atom stereocenters. The summed E-state index contributed by atoms with van der Waals surface area (Å²) in [7, 11) is 0. The number of nitrogens with two attached hydrogens (primary N) is 1. The molecule has 0 saturated carbocycles. The molecule has 3 heteroatoms. The molecule has 2 rings (SSSR count). The van der Waals surface area contributed by atoms with Gasteiger partial charge in [-0.1, -0.05) is 6.07 Å². The maximum absolute atomic E-state index is 12.1. The number of benzene rings is 1. The van der Waals surface area contributed by atoms with Crippen LogP contribution >= 0.6 is 0 Å². The van der Waals surface area contributed by atoms with Crippen LogP contribution in [0.4, 0.5) is 10.1 Å². The van der Waals surface area contributed by atoms with Gasteiger partial charge in [0.15, 0.2) is 0 Å². The summed E-state index contributed by atoms with van der Waals surface area (Å²) < 4.78 is 12.1. The van der Waals surface area contributed by atoms with E-state index in [2.05, 4.69) is 5.32 Å². The summed E-state index contributed by atoms with van der Waals surface area (Å²) in [6.07, 6.45) is 2.78. The number of anilines is 1. The Balaban J connectivity index is 0.000000145. The number of hydrogen-bond donors (Lipinski definition) is 2. The molecule has 0 unspecified atom stereocenters. The van der Waals surface area contributed by atoms with Crippen LogP contribution in [-0.4, -0.2) is 13.1 Å². The van der Waals surface area contributed by atoms with Crippen molar-refractivity contribution in [2.75, 3.05) is 18.8 Å². The summed E-state index contributed by atoms with van der Waals surface area (Å²) in [5.41, 5.74) is 5.68. The molecule has 0 radical (unpaired) electrons. The first kappa shape index (κ1) is 9.99. The normalized spacial score (nSPS) is 14.8. The second-order valence-electron chi connectivity index (χ2n) is 3.01. The first-order chi connectivity index (χ1) is 6.29. The summed E-state index contributed by atoms with van der Waals surface area (Å²) in [5, 5.41) is 3.22. The van der Waals surface area contributed by atoms with Gasteiger partial charge in [-0.25, -0.2) is 4.39 Å². The van der Waals surface area contributed by atoms with Crippen molar-refractivity contribution < 1.29 is 4.39 Å². The zero-order valence-corrected chi connectivity index (χ0v) is 7.59. The third kappa shape index (κ3) is 4.48. The van der Waals surface area contributed by atoms with E-state index in [-0.39, 0.29) is 5.82 Å². The van der Waals surface area contributed by atoms with Crippen LogP contribution in [0.1, 0.15) is 12.8 Å². The van der Waals surface area contributed by atoms with Crippen molar-refractivity contribution in [3.63, 3.8) is 0 Å². The number of rotatable bonds is 0. The molecule has 0 spiro atoms. The minimum Gasteiger partial charge on any atom is -0.399 e. The lowest BCUT2D eigenvalue weighted by molar-refractivity contribution is 0.628. The van der Waals surface area contributed by atoms with E-state index in [0.717, 1.165) is 0 Å². The predicted molar refractivity (Wildman–Crippen MR) is 52.9 cm³/mol. The standard InChI is InChI=1S/C6H6FN.C4H9N/c7-5-2-1-3-6(8)4-5;1-2-4-5-3-1/h1-4H,8H2;5H,1-4H2. The monoisotopic (exact) mass is 182 g/mol. The number of hydrogen-bond acceptors (Lipinski definition) is 2. The Morgan fingerprint density at radius 2 is 1.92 bits per heavy atom. The van der Waals surface area contributed by atoms with Crippen LogP contribution in [0.25, 0.3) is 0 Å². The summed E-state index contributed by atoms with van der Waals surface area (Å²) >= 11 is 0. The smallest absolute Gasteiger partial charge is 0.125 e. The fraction of sp³-hybridized carbons (Fsp3) is 0.400. The molecular weight excluding hydrogens is 167 g/mol. The Labute approximate surface area is 77.9 Å². The van der Waals surface area contributed by atoms with Crippen molar-refractivity contribution in [3.05, 3.63) is 30.1 Å². The van der Waals surface area contributed by atoms with Crippen molar-refractivity contribution in [1.29, 1.82) is 0 Å². The zero-order valence-electron chi connectivity index (χ0n) is 7.59. The number of nitrogens with one attached hydrogen (secondary N) is 1. The van der Waals surface area contributed by atoms with Crippen LogP contribution < -0.4 is 11.1 Å². The van der Waals surface area contributed by atoms with Crippen LogP contribution in [0.3, 0.4) is 0 Å². The van der Waals surface area contributed by atoms with E-state index in [9.17, 15) is 4.39 Å². The Morgan fingerprint density at radius 1 is 1.23 bits per heavy atom. The Hall–Kier alpha value is -1.09. The third-order valence-electron chi connectivity index (χ3n) is 1.81. The molecule has 2 nitrogen and oxygen atoms in total. The van der Waals surface area contributed by atoms with Crippen molar-refractivity contribution >= 4 is 5.69 Å². The quantitative estimate of drug-likeness (QED) is 0.600. The molecule has 1 fully saturated rings. The predicted octanol–water partition coefficient (Wildman–Crippen LogP) is 1.78. The van der Waals surface area contributed by atoms with Gasteiger partial charge in [0, 0.05) is 5.69 Å². The van der Waals surface area contributed by atoms with Gasteiger partial charge in [-0.05, 0) is 44.1 Å². The molecule has 1 aromatic rings. The number of nitrogen functional groups attached to an aromatic ring is 1. The summed E-state index contributed by atoms with van der Waals surface area (Å²) in [4.78, 5) is 0. The van der Waals surface area contributed by atoms with E-state index in [1.165, 1.54) is 38.1 Å². The summed E-state index contributed by atoms with van der Waals surface area (Å²) in [5.74, 6) is -0.287.